The second-order valence-electron chi connectivity index (χ2n) is 7.04. The molecule has 1 aliphatic rings. The Morgan fingerprint density at radius 1 is 1.27 bits per heavy atom. The molecule has 0 bridgehead atoms. The monoisotopic (exact) mass is 418 g/mol. The summed E-state index contributed by atoms with van der Waals surface area (Å²) in [5.41, 5.74) is 0.753. The molecule has 30 heavy (non-hydrogen) atoms. The molecule has 1 aliphatic heterocycles. The van der Waals surface area contributed by atoms with Gasteiger partial charge >= 0.3 is 6.18 Å². The topological polar surface area (TPSA) is 95.9 Å². The third-order valence-electron chi connectivity index (χ3n) is 4.81. The van der Waals surface area contributed by atoms with Crippen molar-refractivity contribution in [2.75, 3.05) is 16.8 Å². The van der Waals surface area contributed by atoms with E-state index < -0.39 is 23.6 Å². The lowest BCUT2D eigenvalue weighted by Crippen LogP contribution is -2.43. The van der Waals surface area contributed by atoms with Gasteiger partial charge in [0.05, 0.1) is 29.2 Å². The summed E-state index contributed by atoms with van der Waals surface area (Å²) in [6.07, 6.45) is -3.08. The number of alkyl halides is 3. The van der Waals surface area contributed by atoms with Crippen LogP contribution in [-0.4, -0.2) is 38.3 Å². The smallest absolute Gasteiger partial charge is 0.317 e. The highest BCUT2D eigenvalue weighted by molar-refractivity contribution is 6.12. The zero-order valence-electron chi connectivity index (χ0n) is 16.0. The summed E-state index contributed by atoms with van der Waals surface area (Å²) in [4.78, 5) is 26.9. The minimum atomic E-state index is -4.46. The second-order valence-corrected chi connectivity index (χ2v) is 7.04. The van der Waals surface area contributed by atoms with Crippen LogP contribution in [0.25, 0.3) is 0 Å². The summed E-state index contributed by atoms with van der Waals surface area (Å²) in [6.45, 7) is 3.78. The molecule has 2 amide bonds. The highest BCUT2D eigenvalue weighted by Gasteiger charge is 2.35. The SMILES string of the molecule is Cc1cc(C(=O)Nc2cnn3c2C(=O)N(c2ccc(C(F)(F)F)cc2)C[C@@H]3C)[nH]n1. The number of amides is 2. The number of nitrogens with one attached hydrogen (secondary N) is 2. The van der Waals surface area contributed by atoms with E-state index in [4.69, 9.17) is 0 Å². The molecule has 0 aliphatic carbocycles. The van der Waals surface area contributed by atoms with E-state index in [1.807, 2.05) is 6.92 Å². The van der Waals surface area contributed by atoms with E-state index in [-0.39, 0.29) is 29.7 Å². The molecule has 4 rings (SSSR count). The van der Waals surface area contributed by atoms with Crippen LogP contribution in [0.15, 0.2) is 36.5 Å². The van der Waals surface area contributed by atoms with Crippen molar-refractivity contribution in [3.63, 3.8) is 0 Å². The Balaban J connectivity index is 1.63. The molecule has 0 radical (unpaired) electrons. The van der Waals surface area contributed by atoms with E-state index in [1.54, 1.807) is 13.0 Å². The number of carbonyl (C=O) groups is 2. The van der Waals surface area contributed by atoms with Crippen LogP contribution in [0, 0.1) is 6.92 Å². The van der Waals surface area contributed by atoms with Gasteiger partial charge in [-0.1, -0.05) is 0 Å². The Morgan fingerprint density at radius 3 is 2.57 bits per heavy atom. The number of halogens is 3. The molecule has 3 aromatic rings. The normalized spacial score (nSPS) is 16.5. The molecule has 11 heteroatoms. The van der Waals surface area contributed by atoms with E-state index >= 15 is 0 Å². The predicted octanol–water partition coefficient (Wildman–Crippen LogP) is 3.41. The van der Waals surface area contributed by atoms with Gasteiger partial charge in [0, 0.05) is 12.2 Å². The molecular formula is C19H17F3N6O2. The van der Waals surface area contributed by atoms with E-state index in [1.165, 1.54) is 27.9 Å². The number of hydrogen-bond acceptors (Lipinski definition) is 4. The zero-order valence-corrected chi connectivity index (χ0v) is 16.0. The lowest BCUT2D eigenvalue weighted by molar-refractivity contribution is -0.137. The maximum Gasteiger partial charge on any atom is 0.416 e. The van der Waals surface area contributed by atoms with Crippen molar-refractivity contribution in [3.05, 3.63) is 59.2 Å². The molecule has 156 valence electrons. The molecule has 0 saturated carbocycles. The summed E-state index contributed by atoms with van der Waals surface area (Å²) in [5, 5.41) is 13.3. The largest absolute Gasteiger partial charge is 0.416 e. The first-order chi connectivity index (χ1) is 14.1. The first-order valence-corrected chi connectivity index (χ1v) is 9.05. The first-order valence-electron chi connectivity index (χ1n) is 9.05. The number of fused-ring (bicyclic) bond motifs is 1. The summed E-state index contributed by atoms with van der Waals surface area (Å²) in [6, 6.07) is 5.69. The van der Waals surface area contributed by atoms with Crippen molar-refractivity contribution >= 4 is 23.2 Å². The summed E-state index contributed by atoms with van der Waals surface area (Å²) in [7, 11) is 0. The van der Waals surface area contributed by atoms with Gasteiger partial charge < -0.3 is 10.2 Å². The number of H-pyrrole nitrogens is 1. The fourth-order valence-corrected chi connectivity index (χ4v) is 3.33. The second kappa shape index (κ2) is 7.01. The van der Waals surface area contributed by atoms with E-state index in [9.17, 15) is 22.8 Å². The standard InChI is InChI=1S/C19H17F3N6O2/c1-10-7-14(26-25-10)17(29)24-15-8-23-28-11(2)9-27(18(30)16(15)28)13-5-3-12(4-6-13)19(20,21)22/h3-8,11H,9H2,1-2H3,(H,24,29)(H,25,26)/t11-/m0/s1. The third kappa shape index (κ3) is 3.42. The van der Waals surface area contributed by atoms with Gasteiger partial charge in [-0.3, -0.25) is 19.4 Å². The molecule has 8 nitrogen and oxygen atoms in total. The Labute approximate surface area is 168 Å². The average Bonchev–Trinajstić information content (AvgIpc) is 3.31. The number of nitrogens with zero attached hydrogens (tertiary/aromatic N) is 4. The minimum absolute atomic E-state index is 0.151. The van der Waals surface area contributed by atoms with Crippen molar-refractivity contribution in [3.8, 4) is 0 Å². The number of hydrogen-bond donors (Lipinski definition) is 2. The molecule has 0 unspecified atom stereocenters. The number of aromatic nitrogens is 4. The number of carbonyl (C=O) groups excluding carboxylic acids is 2. The van der Waals surface area contributed by atoms with Crippen LogP contribution in [0.1, 0.15) is 45.2 Å². The average molecular weight is 418 g/mol. The van der Waals surface area contributed by atoms with Crippen molar-refractivity contribution in [1.82, 2.24) is 20.0 Å². The minimum Gasteiger partial charge on any atom is -0.317 e. The Kier molecular flexibility index (Phi) is 4.60. The zero-order chi connectivity index (χ0) is 21.6. The predicted molar refractivity (Wildman–Crippen MR) is 101 cm³/mol. The lowest BCUT2D eigenvalue weighted by atomic mass is 10.1. The van der Waals surface area contributed by atoms with E-state index in [0.717, 1.165) is 12.1 Å². The maximum atomic E-state index is 13.1. The third-order valence-corrected chi connectivity index (χ3v) is 4.81. The van der Waals surface area contributed by atoms with Crippen LogP contribution in [0.5, 0.6) is 0 Å². The summed E-state index contributed by atoms with van der Waals surface area (Å²) in [5.74, 6) is -0.958. The van der Waals surface area contributed by atoms with Gasteiger partial charge in [-0.05, 0) is 44.2 Å². The van der Waals surface area contributed by atoms with E-state index in [0.29, 0.717) is 11.4 Å². The van der Waals surface area contributed by atoms with Gasteiger partial charge in [0.1, 0.15) is 5.69 Å². The van der Waals surface area contributed by atoms with Gasteiger partial charge in [-0.2, -0.15) is 23.4 Å². The summed E-state index contributed by atoms with van der Waals surface area (Å²) >= 11 is 0. The molecule has 1 atom stereocenters. The molecule has 0 saturated heterocycles. The van der Waals surface area contributed by atoms with Crippen molar-refractivity contribution < 1.29 is 22.8 Å². The maximum absolute atomic E-state index is 13.1. The van der Waals surface area contributed by atoms with Crippen LogP contribution in [-0.2, 0) is 6.18 Å². The van der Waals surface area contributed by atoms with Gasteiger partial charge in [0.25, 0.3) is 11.8 Å². The molecule has 0 fully saturated rings. The van der Waals surface area contributed by atoms with Gasteiger partial charge in [-0.15, -0.1) is 0 Å². The van der Waals surface area contributed by atoms with Gasteiger partial charge in [0.15, 0.2) is 5.69 Å². The van der Waals surface area contributed by atoms with Crippen LogP contribution in [0.4, 0.5) is 24.5 Å². The molecule has 3 heterocycles. The number of benzene rings is 1. The number of rotatable bonds is 3. The molecule has 1 aromatic carbocycles. The number of aryl methyl sites for hydroxylation is 1. The van der Waals surface area contributed by atoms with Crippen LogP contribution < -0.4 is 10.2 Å². The van der Waals surface area contributed by atoms with Gasteiger partial charge in [-0.25, -0.2) is 0 Å². The van der Waals surface area contributed by atoms with Crippen LogP contribution in [0.3, 0.4) is 0 Å². The van der Waals surface area contributed by atoms with Crippen LogP contribution in [0.2, 0.25) is 0 Å². The fourth-order valence-electron chi connectivity index (χ4n) is 3.33. The Morgan fingerprint density at radius 2 is 1.97 bits per heavy atom. The molecule has 0 spiro atoms. The molecule has 2 N–H and O–H groups in total. The number of aromatic amines is 1. The lowest BCUT2D eigenvalue weighted by Gasteiger charge is -2.32. The van der Waals surface area contributed by atoms with Crippen LogP contribution >= 0.6 is 0 Å². The highest BCUT2D eigenvalue weighted by atomic mass is 19.4. The first kappa shape index (κ1) is 19.7. The summed E-state index contributed by atoms with van der Waals surface area (Å²) < 4.78 is 40.0. The number of anilines is 2. The Hall–Kier alpha value is -3.63. The van der Waals surface area contributed by atoms with E-state index in [2.05, 4.69) is 20.6 Å². The Bertz CT molecular complexity index is 1120. The van der Waals surface area contributed by atoms with Crippen molar-refractivity contribution in [2.24, 2.45) is 0 Å². The molecular weight excluding hydrogens is 401 g/mol. The molecule has 2 aromatic heterocycles. The quantitative estimate of drug-likeness (QED) is 0.681. The van der Waals surface area contributed by atoms with Crippen molar-refractivity contribution in [1.29, 1.82) is 0 Å². The van der Waals surface area contributed by atoms with Gasteiger partial charge in [0.2, 0.25) is 0 Å². The highest BCUT2D eigenvalue weighted by Crippen LogP contribution is 2.33. The fraction of sp³-hybridized carbons (Fsp3) is 0.263. The van der Waals surface area contributed by atoms with Crippen molar-refractivity contribution in [2.45, 2.75) is 26.1 Å².